The van der Waals surface area contributed by atoms with Crippen molar-refractivity contribution in [3.63, 3.8) is 0 Å². The zero-order chi connectivity index (χ0) is 29.1. The highest BCUT2D eigenvalue weighted by Gasteiger charge is 2.35. The Labute approximate surface area is 249 Å². The molecule has 41 heavy (non-hydrogen) atoms. The summed E-state index contributed by atoms with van der Waals surface area (Å²) in [5.41, 5.74) is 8.90. The van der Waals surface area contributed by atoms with Crippen LogP contribution in [-0.2, 0) is 30.5 Å². The van der Waals surface area contributed by atoms with Crippen molar-refractivity contribution < 1.29 is 9.90 Å². The van der Waals surface area contributed by atoms with Crippen LogP contribution in [0.25, 0.3) is 11.3 Å². The van der Waals surface area contributed by atoms with E-state index in [1.807, 2.05) is 36.4 Å². The number of aromatic nitrogens is 2. The van der Waals surface area contributed by atoms with Crippen molar-refractivity contribution >= 4 is 23.3 Å². The number of anilines is 1. The van der Waals surface area contributed by atoms with E-state index in [4.69, 9.17) is 21.6 Å². The van der Waals surface area contributed by atoms with Crippen LogP contribution in [0.5, 0.6) is 5.75 Å². The van der Waals surface area contributed by atoms with Gasteiger partial charge < -0.3 is 10.4 Å². The maximum absolute atomic E-state index is 13.3. The minimum absolute atomic E-state index is 0.0807. The molecular formula is C35H42ClN3O2. The van der Waals surface area contributed by atoms with E-state index in [-0.39, 0.29) is 23.5 Å². The summed E-state index contributed by atoms with van der Waals surface area (Å²) >= 11 is 6.06. The fraction of sp³-hybridized carbons (Fsp3) is 0.457. The molecule has 6 heteroatoms. The first-order valence-corrected chi connectivity index (χ1v) is 15.5. The summed E-state index contributed by atoms with van der Waals surface area (Å²) in [6.45, 7) is 9.19. The van der Waals surface area contributed by atoms with Crippen molar-refractivity contribution in [3.05, 3.63) is 81.1 Å². The largest absolute Gasteiger partial charge is 0.508 e. The molecule has 0 fully saturated rings. The van der Waals surface area contributed by atoms with Gasteiger partial charge in [0.25, 0.3) is 0 Å². The van der Waals surface area contributed by atoms with E-state index < -0.39 is 0 Å². The topological polar surface area (TPSA) is 75.1 Å². The van der Waals surface area contributed by atoms with Gasteiger partial charge in [-0.25, -0.2) is 9.97 Å². The zero-order valence-electron chi connectivity index (χ0n) is 24.8. The molecule has 0 bridgehead atoms. The first kappa shape index (κ1) is 29.3. The van der Waals surface area contributed by atoms with Crippen LogP contribution in [0.1, 0.15) is 88.7 Å². The van der Waals surface area contributed by atoms with E-state index in [0.717, 1.165) is 91.6 Å². The van der Waals surface area contributed by atoms with Crippen molar-refractivity contribution in [2.45, 2.75) is 91.9 Å². The van der Waals surface area contributed by atoms with Gasteiger partial charge in [-0.05, 0) is 118 Å². The SMILES string of the molecule is CCC1=C(C)CCC(Cc2nc3c(nc2NC(=O)Cc2ccc(Cl)cc2)CCc2cc(O)ccc2-3)(CC(C)C)CC1. The number of hydrogen-bond acceptors (Lipinski definition) is 4. The van der Waals surface area contributed by atoms with Crippen LogP contribution < -0.4 is 5.32 Å². The van der Waals surface area contributed by atoms with E-state index in [1.165, 1.54) is 0 Å². The second-order valence-electron chi connectivity index (χ2n) is 12.5. The van der Waals surface area contributed by atoms with Crippen molar-refractivity contribution in [2.24, 2.45) is 11.3 Å². The highest BCUT2D eigenvalue weighted by atomic mass is 35.5. The molecule has 1 heterocycles. The normalized spacial score (nSPS) is 18.6. The average Bonchev–Trinajstić information content (AvgIpc) is 3.08. The molecule has 3 aromatic rings. The maximum Gasteiger partial charge on any atom is 0.229 e. The molecule has 0 saturated heterocycles. The molecule has 2 aliphatic rings. The lowest BCUT2D eigenvalue weighted by molar-refractivity contribution is -0.115. The van der Waals surface area contributed by atoms with Crippen molar-refractivity contribution in [3.8, 4) is 17.0 Å². The highest BCUT2D eigenvalue weighted by molar-refractivity contribution is 6.30. The monoisotopic (exact) mass is 571 g/mol. The van der Waals surface area contributed by atoms with Crippen LogP contribution in [0, 0.1) is 11.3 Å². The number of aryl methyl sites for hydroxylation is 2. The number of benzene rings is 2. The van der Waals surface area contributed by atoms with Crippen molar-refractivity contribution in [1.29, 1.82) is 0 Å². The number of phenolic OH excluding ortho intramolecular Hbond substituents is 1. The number of carbonyl (C=O) groups excluding carboxylic acids is 1. The number of hydrogen-bond donors (Lipinski definition) is 2. The van der Waals surface area contributed by atoms with Gasteiger partial charge >= 0.3 is 0 Å². The molecule has 0 spiro atoms. The van der Waals surface area contributed by atoms with Crippen molar-refractivity contribution in [2.75, 3.05) is 5.32 Å². The number of fused-ring (bicyclic) bond motifs is 3. The third-order valence-electron chi connectivity index (χ3n) is 8.95. The number of amides is 1. The second kappa shape index (κ2) is 12.4. The van der Waals surface area contributed by atoms with Crippen LogP contribution >= 0.6 is 11.6 Å². The van der Waals surface area contributed by atoms with Crippen LogP contribution in [0.15, 0.2) is 53.6 Å². The molecule has 1 aromatic heterocycles. The summed E-state index contributed by atoms with van der Waals surface area (Å²) in [6.07, 6.45) is 9.20. The molecular weight excluding hydrogens is 530 g/mol. The molecule has 5 rings (SSSR count). The average molecular weight is 572 g/mol. The van der Waals surface area contributed by atoms with Gasteiger partial charge in [0, 0.05) is 10.6 Å². The quantitative estimate of drug-likeness (QED) is 0.265. The molecule has 1 atom stereocenters. The maximum atomic E-state index is 13.3. The Kier molecular flexibility index (Phi) is 8.84. The highest BCUT2D eigenvalue weighted by Crippen LogP contribution is 2.46. The fourth-order valence-corrected chi connectivity index (χ4v) is 7.02. The van der Waals surface area contributed by atoms with Gasteiger partial charge in [-0.1, -0.05) is 55.7 Å². The van der Waals surface area contributed by atoms with Gasteiger partial charge in [-0.2, -0.15) is 0 Å². The molecule has 216 valence electrons. The Bertz CT molecular complexity index is 1460. The Morgan fingerprint density at radius 2 is 1.80 bits per heavy atom. The van der Waals surface area contributed by atoms with Crippen molar-refractivity contribution in [1.82, 2.24) is 9.97 Å². The van der Waals surface area contributed by atoms with Crippen LogP contribution in [0.2, 0.25) is 5.02 Å². The van der Waals surface area contributed by atoms with Gasteiger partial charge in [-0.15, -0.1) is 0 Å². The van der Waals surface area contributed by atoms with E-state index in [0.29, 0.717) is 16.8 Å². The Balaban J connectivity index is 1.53. The number of rotatable bonds is 8. The Hall–Kier alpha value is -3.18. The van der Waals surface area contributed by atoms with Crippen LogP contribution in [0.4, 0.5) is 5.82 Å². The summed E-state index contributed by atoms with van der Waals surface area (Å²) in [4.78, 5) is 23.7. The minimum atomic E-state index is -0.103. The van der Waals surface area contributed by atoms with Crippen LogP contribution in [0.3, 0.4) is 0 Å². The molecule has 1 unspecified atom stereocenters. The number of aromatic hydroxyl groups is 1. The first-order chi connectivity index (χ1) is 19.6. The number of carbonyl (C=O) groups is 1. The number of allylic oxidation sites excluding steroid dienone is 2. The molecule has 1 amide bonds. The van der Waals surface area contributed by atoms with Gasteiger partial charge in [0.05, 0.1) is 23.5 Å². The third-order valence-corrected chi connectivity index (χ3v) is 9.20. The predicted octanol–water partition coefficient (Wildman–Crippen LogP) is 8.66. The molecule has 2 aliphatic carbocycles. The molecule has 0 radical (unpaired) electrons. The molecule has 0 aliphatic heterocycles. The lowest BCUT2D eigenvalue weighted by Crippen LogP contribution is -2.28. The predicted molar refractivity (Wildman–Crippen MR) is 167 cm³/mol. The van der Waals surface area contributed by atoms with E-state index >= 15 is 0 Å². The number of nitrogens with one attached hydrogen (secondary N) is 1. The second-order valence-corrected chi connectivity index (χ2v) is 13.0. The Morgan fingerprint density at radius 1 is 1.05 bits per heavy atom. The van der Waals surface area contributed by atoms with Gasteiger partial charge in [0.15, 0.2) is 5.82 Å². The van der Waals surface area contributed by atoms with Gasteiger partial charge in [0.1, 0.15) is 5.75 Å². The lowest BCUT2D eigenvalue weighted by Gasteiger charge is -2.35. The third kappa shape index (κ3) is 6.83. The number of nitrogens with zero attached hydrogens (tertiary/aromatic N) is 2. The van der Waals surface area contributed by atoms with E-state index in [1.54, 1.807) is 17.2 Å². The number of halogens is 1. The van der Waals surface area contributed by atoms with E-state index in [9.17, 15) is 9.90 Å². The summed E-state index contributed by atoms with van der Waals surface area (Å²) in [6, 6.07) is 12.9. The van der Waals surface area contributed by atoms with Gasteiger partial charge in [-0.3, -0.25) is 4.79 Å². The molecule has 0 saturated carbocycles. The smallest absolute Gasteiger partial charge is 0.229 e. The van der Waals surface area contributed by atoms with Gasteiger partial charge in [0.2, 0.25) is 5.91 Å². The van der Waals surface area contributed by atoms with Crippen LogP contribution in [-0.4, -0.2) is 21.0 Å². The number of phenols is 1. The van der Waals surface area contributed by atoms with E-state index in [2.05, 4.69) is 33.0 Å². The lowest BCUT2D eigenvalue weighted by atomic mass is 9.70. The minimum Gasteiger partial charge on any atom is -0.508 e. The summed E-state index contributed by atoms with van der Waals surface area (Å²) in [7, 11) is 0. The zero-order valence-corrected chi connectivity index (χ0v) is 25.6. The molecule has 2 N–H and O–H groups in total. The Morgan fingerprint density at radius 3 is 2.54 bits per heavy atom. The molecule has 2 aromatic carbocycles. The first-order valence-electron chi connectivity index (χ1n) is 15.1. The summed E-state index contributed by atoms with van der Waals surface area (Å²) < 4.78 is 0. The summed E-state index contributed by atoms with van der Waals surface area (Å²) in [5.74, 6) is 1.32. The summed E-state index contributed by atoms with van der Waals surface area (Å²) in [5, 5.41) is 13.9. The molecule has 5 nitrogen and oxygen atoms in total. The standard InChI is InChI=1S/C35H42ClN3O2/c1-5-25-15-17-35(20-22(2)3,16-14-23(25)4)21-31-34(39-32(41)18-24-6-9-27(36)10-7-24)38-30-13-8-26-19-28(40)11-12-29(26)33(30)37-31/h6-7,9-12,19,22,40H,5,8,13-18,20-21H2,1-4H3,(H,38,39,41). The fourth-order valence-electron chi connectivity index (χ4n) is 6.89.